The first kappa shape index (κ1) is 20.5. The van der Waals surface area contributed by atoms with Gasteiger partial charge in [-0.2, -0.15) is 0 Å². The Balaban J connectivity index is 1.89. The fraction of sp³-hybridized carbons (Fsp3) is 0.364. The third-order valence-corrected chi connectivity index (χ3v) is 4.16. The van der Waals surface area contributed by atoms with Crippen LogP contribution in [0.15, 0.2) is 54.6 Å². The maximum Gasteiger partial charge on any atom is 0.258 e. The number of amides is 2. The molecule has 0 fully saturated rings. The fourth-order valence-corrected chi connectivity index (χ4v) is 2.74. The lowest BCUT2D eigenvalue weighted by Gasteiger charge is -2.26. The van der Waals surface area contributed by atoms with Crippen LogP contribution < -0.4 is 10.1 Å². The topological polar surface area (TPSA) is 58.6 Å². The number of hydrogen-bond acceptors (Lipinski definition) is 3. The van der Waals surface area contributed by atoms with E-state index in [0.717, 1.165) is 12.0 Å². The van der Waals surface area contributed by atoms with Crippen molar-refractivity contribution in [1.82, 2.24) is 10.2 Å². The number of aryl methyl sites for hydroxylation is 1. The van der Waals surface area contributed by atoms with Crippen molar-refractivity contribution < 1.29 is 14.3 Å². The summed E-state index contributed by atoms with van der Waals surface area (Å²) in [5.74, 6) is 0.218. The van der Waals surface area contributed by atoms with E-state index < -0.39 is 6.04 Å². The first-order valence-electron chi connectivity index (χ1n) is 9.31. The van der Waals surface area contributed by atoms with E-state index in [4.69, 9.17) is 4.74 Å². The maximum absolute atomic E-state index is 12.8. The Labute approximate surface area is 161 Å². The van der Waals surface area contributed by atoms with Crippen molar-refractivity contribution in [2.75, 3.05) is 13.2 Å². The average molecular weight is 368 g/mol. The van der Waals surface area contributed by atoms with Crippen LogP contribution in [-0.2, 0) is 16.1 Å². The molecule has 5 heteroatoms. The van der Waals surface area contributed by atoms with Gasteiger partial charge in [0.05, 0.1) is 0 Å². The Morgan fingerprint density at radius 2 is 1.74 bits per heavy atom. The number of benzene rings is 2. The van der Waals surface area contributed by atoms with Crippen molar-refractivity contribution in [3.63, 3.8) is 0 Å². The number of ether oxygens (including phenoxy) is 1. The number of carbonyl (C=O) groups excluding carboxylic acids is 2. The summed E-state index contributed by atoms with van der Waals surface area (Å²) in [7, 11) is 0. The zero-order valence-electron chi connectivity index (χ0n) is 16.3. The summed E-state index contributed by atoms with van der Waals surface area (Å²) in [4.78, 5) is 26.7. The Bertz CT molecular complexity index is 729. The van der Waals surface area contributed by atoms with Crippen molar-refractivity contribution in [2.45, 2.75) is 39.8 Å². The van der Waals surface area contributed by atoms with Gasteiger partial charge >= 0.3 is 0 Å². The van der Waals surface area contributed by atoms with E-state index >= 15 is 0 Å². The minimum atomic E-state index is -0.603. The number of rotatable bonds is 9. The van der Waals surface area contributed by atoms with Gasteiger partial charge in [0.2, 0.25) is 5.91 Å². The van der Waals surface area contributed by atoms with Gasteiger partial charge in [-0.05, 0) is 38.0 Å². The minimum absolute atomic E-state index is 0.0921. The summed E-state index contributed by atoms with van der Waals surface area (Å²) in [6, 6.07) is 16.7. The summed E-state index contributed by atoms with van der Waals surface area (Å²) in [5, 5.41) is 2.73. The summed E-state index contributed by atoms with van der Waals surface area (Å²) < 4.78 is 5.43. The molecule has 0 saturated carbocycles. The first-order valence-corrected chi connectivity index (χ1v) is 9.31. The van der Waals surface area contributed by atoms with E-state index in [1.54, 1.807) is 24.0 Å². The van der Waals surface area contributed by atoms with Crippen LogP contribution >= 0.6 is 0 Å². The fourth-order valence-electron chi connectivity index (χ4n) is 2.74. The zero-order chi connectivity index (χ0) is 19.6. The number of hydrogen-bond donors (Lipinski definition) is 1. The Kier molecular flexibility index (Phi) is 7.86. The Morgan fingerprint density at radius 1 is 1.07 bits per heavy atom. The molecule has 0 aromatic heterocycles. The van der Waals surface area contributed by atoms with Crippen molar-refractivity contribution in [1.29, 1.82) is 0 Å². The molecule has 0 heterocycles. The van der Waals surface area contributed by atoms with Crippen LogP contribution in [0.25, 0.3) is 0 Å². The summed E-state index contributed by atoms with van der Waals surface area (Å²) in [6.45, 7) is 6.84. The van der Waals surface area contributed by atoms with E-state index in [0.29, 0.717) is 18.8 Å². The van der Waals surface area contributed by atoms with E-state index in [9.17, 15) is 9.59 Å². The van der Waals surface area contributed by atoms with Gasteiger partial charge in [0, 0.05) is 13.1 Å². The van der Waals surface area contributed by atoms with Crippen molar-refractivity contribution in [3.05, 3.63) is 65.7 Å². The Hall–Kier alpha value is -2.82. The average Bonchev–Trinajstić information content (AvgIpc) is 2.68. The molecule has 144 valence electrons. The second kappa shape index (κ2) is 10.4. The highest BCUT2D eigenvalue weighted by molar-refractivity contribution is 5.87. The molecule has 1 unspecified atom stereocenters. The highest BCUT2D eigenvalue weighted by Crippen LogP contribution is 2.10. The monoisotopic (exact) mass is 368 g/mol. The standard InChI is InChI=1S/C22H28N2O3/c1-4-14-24(15-19-12-10-17(2)11-13-19)22(26)18(3)23-21(25)16-27-20-8-6-5-7-9-20/h5-13,18H,4,14-16H2,1-3H3,(H,23,25). The van der Waals surface area contributed by atoms with E-state index in [2.05, 4.69) is 5.32 Å². The molecule has 0 aliphatic carbocycles. The van der Waals surface area contributed by atoms with E-state index in [1.165, 1.54) is 5.56 Å². The van der Waals surface area contributed by atoms with Crippen LogP contribution in [-0.4, -0.2) is 35.9 Å². The third kappa shape index (κ3) is 6.77. The number of carbonyl (C=O) groups is 2. The molecule has 0 radical (unpaired) electrons. The van der Waals surface area contributed by atoms with Gasteiger partial charge in [-0.25, -0.2) is 0 Å². The van der Waals surface area contributed by atoms with Crippen molar-refractivity contribution >= 4 is 11.8 Å². The first-order chi connectivity index (χ1) is 13.0. The predicted molar refractivity (Wildman–Crippen MR) is 106 cm³/mol. The van der Waals surface area contributed by atoms with Gasteiger partial charge < -0.3 is 15.0 Å². The quantitative estimate of drug-likeness (QED) is 0.739. The molecule has 27 heavy (non-hydrogen) atoms. The molecule has 0 saturated heterocycles. The summed E-state index contributed by atoms with van der Waals surface area (Å²) in [6.07, 6.45) is 0.857. The van der Waals surface area contributed by atoms with Crippen molar-refractivity contribution in [2.24, 2.45) is 0 Å². The second-order valence-electron chi connectivity index (χ2n) is 6.64. The molecule has 2 amide bonds. The normalized spacial score (nSPS) is 11.5. The molecule has 1 atom stereocenters. The smallest absolute Gasteiger partial charge is 0.258 e. The van der Waals surface area contributed by atoms with Crippen LogP contribution in [0.3, 0.4) is 0 Å². The van der Waals surface area contributed by atoms with Crippen molar-refractivity contribution in [3.8, 4) is 5.75 Å². The minimum Gasteiger partial charge on any atom is -0.484 e. The molecular weight excluding hydrogens is 340 g/mol. The van der Waals surface area contributed by atoms with Crippen LogP contribution in [0.2, 0.25) is 0 Å². The molecule has 0 aliphatic heterocycles. The predicted octanol–water partition coefficient (Wildman–Crippen LogP) is 3.32. The second-order valence-corrected chi connectivity index (χ2v) is 6.64. The molecule has 1 N–H and O–H groups in total. The van der Waals surface area contributed by atoms with Gasteiger partial charge in [0.15, 0.2) is 6.61 Å². The molecule has 2 aromatic rings. The van der Waals surface area contributed by atoms with Crippen LogP contribution in [0.5, 0.6) is 5.75 Å². The van der Waals surface area contributed by atoms with Gasteiger partial charge in [-0.3, -0.25) is 9.59 Å². The van der Waals surface area contributed by atoms with Gasteiger partial charge in [-0.15, -0.1) is 0 Å². The van der Waals surface area contributed by atoms with E-state index in [1.807, 2.05) is 56.3 Å². The molecule has 0 spiro atoms. The summed E-state index contributed by atoms with van der Waals surface area (Å²) in [5.41, 5.74) is 2.26. The van der Waals surface area contributed by atoms with Crippen LogP contribution in [0.1, 0.15) is 31.4 Å². The van der Waals surface area contributed by atoms with Crippen LogP contribution in [0, 0.1) is 6.92 Å². The molecule has 0 bridgehead atoms. The molecular formula is C22H28N2O3. The highest BCUT2D eigenvalue weighted by atomic mass is 16.5. The largest absolute Gasteiger partial charge is 0.484 e. The molecule has 2 rings (SSSR count). The Morgan fingerprint density at radius 3 is 2.37 bits per heavy atom. The maximum atomic E-state index is 12.8. The number of nitrogens with one attached hydrogen (secondary N) is 1. The summed E-state index contributed by atoms with van der Waals surface area (Å²) >= 11 is 0. The lowest BCUT2D eigenvalue weighted by Crippen LogP contribution is -2.48. The SMILES string of the molecule is CCCN(Cc1ccc(C)cc1)C(=O)C(C)NC(=O)COc1ccccc1. The highest BCUT2D eigenvalue weighted by Gasteiger charge is 2.22. The zero-order valence-corrected chi connectivity index (χ0v) is 16.3. The van der Waals surface area contributed by atoms with Gasteiger partial charge in [0.25, 0.3) is 5.91 Å². The molecule has 5 nitrogen and oxygen atoms in total. The van der Waals surface area contributed by atoms with E-state index in [-0.39, 0.29) is 18.4 Å². The number of para-hydroxylation sites is 1. The van der Waals surface area contributed by atoms with Crippen LogP contribution in [0.4, 0.5) is 0 Å². The third-order valence-electron chi connectivity index (χ3n) is 4.16. The lowest BCUT2D eigenvalue weighted by atomic mass is 10.1. The van der Waals surface area contributed by atoms with Gasteiger partial charge in [0.1, 0.15) is 11.8 Å². The lowest BCUT2D eigenvalue weighted by molar-refractivity contribution is -0.137. The molecule has 2 aromatic carbocycles. The number of nitrogens with zero attached hydrogens (tertiary/aromatic N) is 1. The van der Waals surface area contributed by atoms with Gasteiger partial charge in [-0.1, -0.05) is 55.0 Å². The molecule has 0 aliphatic rings.